The molecule has 0 spiro atoms. The number of rotatable bonds is 6. The molecule has 4 amide bonds. The molecular formula is C30H20BrFN2O4. The molecule has 4 aromatic carbocycles. The van der Waals surface area contributed by atoms with Crippen molar-refractivity contribution in [2.45, 2.75) is 6.61 Å². The van der Waals surface area contributed by atoms with Crippen LogP contribution in [-0.2, 0) is 16.2 Å². The molecule has 0 unspecified atom stereocenters. The molecule has 1 fully saturated rings. The molecule has 4 aromatic rings. The lowest BCUT2D eigenvalue weighted by atomic mass is 10.0. The molecule has 1 heterocycles. The van der Waals surface area contributed by atoms with Gasteiger partial charge >= 0.3 is 6.03 Å². The Balaban J connectivity index is 1.48. The molecule has 1 aliphatic heterocycles. The quantitative estimate of drug-likeness (QED) is 0.190. The normalized spacial score (nSPS) is 13.6. The summed E-state index contributed by atoms with van der Waals surface area (Å²) in [7, 11) is 0. The van der Waals surface area contributed by atoms with Crippen LogP contribution in [0.25, 0.3) is 6.08 Å². The van der Waals surface area contributed by atoms with Gasteiger partial charge in [0.15, 0.2) is 0 Å². The van der Waals surface area contributed by atoms with Gasteiger partial charge in [0.1, 0.15) is 23.7 Å². The highest BCUT2D eigenvalue weighted by molar-refractivity contribution is 9.10. The molecule has 0 N–H and O–H groups in total. The Morgan fingerprint density at radius 2 is 1.34 bits per heavy atom. The third-order valence-electron chi connectivity index (χ3n) is 5.83. The van der Waals surface area contributed by atoms with Crippen LogP contribution in [0.15, 0.2) is 113 Å². The molecule has 8 heteroatoms. The molecule has 0 bridgehead atoms. The standard InChI is InChI=1S/C30H20BrFN2O4/c31-26-18-20(14-15-27(26)38-19-21-8-7-9-22(32)16-21)17-25-28(35)33(23-10-3-1-4-11-23)30(37)34(29(25)36)24-12-5-2-6-13-24/h1-18H,19H2. The average molecular weight is 571 g/mol. The van der Waals surface area contributed by atoms with E-state index in [1.54, 1.807) is 91.0 Å². The smallest absolute Gasteiger partial charge is 0.343 e. The van der Waals surface area contributed by atoms with Crippen LogP contribution in [0.1, 0.15) is 11.1 Å². The van der Waals surface area contributed by atoms with Crippen molar-refractivity contribution in [1.29, 1.82) is 0 Å². The molecule has 0 aromatic heterocycles. The molecule has 0 saturated carbocycles. The van der Waals surface area contributed by atoms with Crippen LogP contribution >= 0.6 is 15.9 Å². The number of amides is 4. The van der Waals surface area contributed by atoms with Gasteiger partial charge in [0.05, 0.1) is 15.8 Å². The number of halogens is 2. The minimum Gasteiger partial charge on any atom is -0.488 e. The molecule has 38 heavy (non-hydrogen) atoms. The number of imide groups is 2. The van der Waals surface area contributed by atoms with Gasteiger partial charge in [-0.2, -0.15) is 0 Å². The fraction of sp³-hybridized carbons (Fsp3) is 0.0333. The zero-order chi connectivity index (χ0) is 26.6. The van der Waals surface area contributed by atoms with Crippen LogP contribution in [0.2, 0.25) is 0 Å². The van der Waals surface area contributed by atoms with E-state index >= 15 is 0 Å². The third-order valence-corrected chi connectivity index (χ3v) is 6.45. The Bertz CT molecular complexity index is 1490. The highest BCUT2D eigenvalue weighted by atomic mass is 79.9. The molecule has 0 radical (unpaired) electrons. The number of nitrogens with zero attached hydrogens (tertiary/aromatic N) is 2. The Hall–Kier alpha value is -4.56. The van der Waals surface area contributed by atoms with Gasteiger partial charge in [-0.15, -0.1) is 0 Å². The largest absolute Gasteiger partial charge is 0.488 e. The SMILES string of the molecule is O=C1C(=Cc2ccc(OCc3cccc(F)c3)c(Br)c2)C(=O)N(c2ccccc2)C(=O)N1c1ccccc1. The lowest BCUT2D eigenvalue weighted by Crippen LogP contribution is -2.57. The molecular weight excluding hydrogens is 551 g/mol. The van der Waals surface area contributed by atoms with Gasteiger partial charge in [-0.1, -0.05) is 54.6 Å². The summed E-state index contributed by atoms with van der Waals surface area (Å²) in [6, 6.07) is 27.4. The Labute approximate surface area is 226 Å². The number of hydrogen-bond acceptors (Lipinski definition) is 4. The number of urea groups is 1. The summed E-state index contributed by atoms with van der Waals surface area (Å²) in [5.41, 5.74) is 1.75. The monoisotopic (exact) mass is 570 g/mol. The number of anilines is 2. The lowest BCUT2D eigenvalue weighted by molar-refractivity contribution is -0.121. The van der Waals surface area contributed by atoms with Crippen molar-refractivity contribution >= 4 is 51.2 Å². The first kappa shape index (κ1) is 25.1. The number of barbiturate groups is 1. The van der Waals surface area contributed by atoms with Gasteiger partial charge in [-0.25, -0.2) is 19.0 Å². The van der Waals surface area contributed by atoms with Crippen LogP contribution in [0.5, 0.6) is 5.75 Å². The van der Waals surface area contributed by atoms with E-state index in [0.29, 0.717) is 32.7 Å². The van der Waals surface area contributed by atoms with Crippen molar-refractivity contribution in [3.8, 4) is 5.75 Å². The van der Waals surface area contributed by atoms with E-state index in [0.717, 1.165) is 9.80 Å². The summed E-state index contributed by atoms with van der Waals surface area (Å²) < 4.78 is 19.8. The minimum atomic E-state index is -0.753. The van der Waals surface area contributed by atoms with Gasteiger partial charge < -0.3 is 4.74 Å². The lowest BCUT2D eigenvalue weighted by Gasteiger charge is -2.33. The number of benzene rings is 4. The first-order chi connectivity index (χ1) is 18.4. The predicted octanol–water partition coefficient (Wildman–Crippen LogP) is 6.75. The van der Waals surface area contributed by atoms with Gasteiger partial charge in [0.25, 0.3) is 11.8 Å². The van der Waals surface area contributed by atoms with Crippen LogP contribution < -0.4 is 14.5 Å². The van der Waals surface area contributed by atoms with Crippen molar-refractivity contribution in [2.75, 3.05) is 9.80 Å². The van der Waals surface area contributed by atoms with Crippen molar-refractivity contribution in [1.82, 2.24) is 0 Å². The zero-order valence-electron chi connectivity index (χ0n) is 19.9. The zero-order valence-corrected chi connectivity index (χ0v) is 21.5. The van der Waals surface area contributed by atoms with E-state index in [1.165, 1.54) is 18.2 Å². The van der Waals surface area contributed by atoms with Crippen LogP contribution in [0.3, 0.4) is 0 Å². The maximum Gasteiger partial charge on any atom is 0.343 e. The molecule has 188 valence electrons. The number of ether oxygens (including phenoxy) is 1. The molecule has 1 saturated heterocycles. The summed E-state index contributed by atoms with van der Waals surface area (Å²) in [4.78, 5) is 42.4. The molecule has 6 nitrogen and oxygen atoms in total. The predicted molar refractivity (Wildman–Crippen MR) is 146 cm³/mol. The first-order valence-electron chi connectivity index (χ1n) is 11.6. The maximum absolute atomic E-state index is 13.5. The third kappa shape index (κ3) is 5.12. The second-order valence-corrected chi connectivity index (χ2v) is 9.26. The topological polar surface area (TPSA) is 66.9 Å². The fourth-order valence-electron chi connectivity index (χ4n) is 4.02. The van der Waals surface area contributed by atoms with Gasteiger partial charge in [0.2, 0.25) is 0 Å². The van der Waals surface area contributed by atoms with E-state index in [-0.39, 0.29) is 18.0 Å². The second kappa shape index (κ2) is 10.8. The number of carbonyl (C=O) groups excluding carboxylic acids is 3. The van der Waals surface area contributed by atoms with E-state index in [2.05, 4.69) is 15.9 Å². The summed E-state index contributed by atoms with van der Waals surface area (Å²) in [6.07, 6.45) is 1.45. The molecule has 5 rings (SSSR count). The number of carbonyl (C=O) groups is 3. The summed E-state index contributed by atoms with van der Waals surface area (Å²) >= 11 is 3.46. The van der Waals surface area contributed by atoms with Crippen LogP contribution in [0, 0.1) is 5.82 Å². The highest BCUT2D eigenvalue weighted by Crippen LogP contribution is 2.31. The highest BCUT2D eigenvalue weighted by Gasteiger charge is 2.43. The van der Waals surface area contributed by atoms with Gasteiger partial charge in [-0.3, -0.25) is 9.59 Å². The van der Waals surface area contributed by atoms with E-state index in [4.69, 9.17) is 4.74 Å². The maximum atomic E-state index is 13.5. The van der Waals surface area contributed by atoms with Gasteiger partial charge in [-0.05, 0) is 81.7 Å². The average Bonchev–Trinajstić information content (AvgIpc) is 2.92. The Morgan fingerprint density at radius 1 is 0.737 bits per heavy atom. The van der Waals surface area contributed by atoms with E-state index < -0.39 is 17.8 Å². The molecule has 0 atom stereocenters. The summed E-state index contributed by atoms with van der Waals surface area (Å²) in [6.45, 7) is 0.161. The Morgan fingerprint density at radius 3 is 1.89 bits per heavy atom. The number of hydrogen-bond donors (Lipinski definition) is 0. The second-order valence-electron chi connectivity index (χ2n) is 8.40. The van der Waals surface area contributed by atoms with Crippen molar-refractivity contribution in [3.05, 3.63) is 130 Å². The van der Waals surface area contributed by atoms with Crippen molar-refractivity contribution in [2.24, 2.45) is 0 Å². The summed E-state index contributed by atoms with van der Waals surface area (Å²) in [5.74, 6) is -1.28. The molecule has 1 aliphatic rings. The van der Waals surface area contributed by atoms with Gasteiger partial charge in [0, 0.05) is 0 Å². The van der Waals surface area contributed by atoms with E-state index in [1.807, 2.05) is 0 Å². The van der Waals surface area contributed by atoms with Crippen molar-refractivity contribution in [3.63, 3.8) is 0 Å². The van der Waals surface area contributed by atoms with Crippen LogP contribution in [-0.4, -0.2) is 17.8 Å². The number of para-hydroxylation sites is 2. The molecule has 0 aliphatic carbocycles. The Kier molecular flexibility index (Phi) is 7.15. The van der Waals surface area contributed by atoms with Crippen molar-refractivity contribution < 1.29 is 23.5 Å². The fourth-order valence-corrected chi connectivity index (χ4v) is 4.53. The van der Waals surface area contributed by atoms with Crippen LogP contribution in [0.4, 0.5) is 20.6 Å². The first-order valence-corrected chi connectivity index (χ1v) is 12.4. The van der Waals surface area contributed by atoms with E-state index in [9.17, 15) is 18.8 Å². The minimum absolute atomic E-state index is 0.161. The summed E-state index contributed by atoms with van der Waals surface area (Å²) in [5, 5.41) is 0.